The van der Waals surface area contributed by atoms with Gasteiger partial charge in [0.05, 0.1) is 9.75 Å². The standard InChI is InChI=1S/C28H37Cl2N/c1-2-31(22-23-12-4-3-5-13-23)21-11-14-24-25(27(29)17-6-7-18-27)15-10-16-26(24)28(30)19-8-9-20-28/h3-5,10,12-13,15-16H,2,6-9,11,14,17-22H2,1H3. The Labute approximate surface area is 199 Å². The summed E-state index contributed by atoms with van der Waals surface area (Å²) in [6.45, 7) is 5.46. The van der Waals surface area contributed by atoms with Crippen LogP contribution in [0.15, 0.2) is 48.5 Å². The van der Waals surface area contributed by atoms with Gasteiger partial charge >= 0.3 is 0 Å². The monoisotopic (exact) mass is 457 g/mol. The molecule has 0 radical (unpaired) electrons. The first-order valence-corrected chi connectivity index (χ1v) is 13.1. The molecular weight excluding hydrogens is 421 g/mol. The third-order valence-corrected chi connectivity index (χ3v) is 8.69. The zero-order chi connectivity index (χ0) is 21.7. The van der Waals surface area contributed by atoms with Crippen LogP contribution in [0.5, 0.6) is 0 Å². The van der Waals surface area contributed by atoms with Gasteiger partial charge in [-0.05, 0) is 73.9 Å². The minimum atomic E-state index is -0.189. The van der Waals surface area contributed by atoms with Gasteiger partial charge in [0.1, 0.15) is 0 Å². The zero-order valence-corrected chi connectivity index (χ0v) is 20.5. The first kappa shape index (κ1) is 23.1. The maximum atomic E-state index is 7.25. The predicted octanol–water partition coefficient (Wildman–Crippen LogP) is 8.16. The highest BCUT2D eigenvalue weighted by Crippen LogP contribution is 2.51. The molecule has 0 heterocycles. The van der Waals surface area contributed by atoms with Gasteiger partial charge in [-0.3, -0.25) is 4.90 Å². The van der Waals surface area contributed by atoms with Gasteiger partial charge in [-0.15, -0.1) is 23.2 Å². The average molecular weight is 459 g/mol. The van der Waals surface area contributed by atoms with E-state index >= 15 is 0 Å². The summed E-state index contributed by atoms with van der Waals surface area (Å²) in [6.07, 6.45) is 11.5. The van der Waals surface area contributed by atoms with Crippen molar-refractivity contribution in [3.8, 4) is 0 Å². The molecule has 0 bridgehead atoms. The molecular formula is C28H37Cl2N. The van der Waals surface area contributed by atoms with Crippen molar-refractivity contribution >= 4 is 23.2 Å². The number of rotatable bonds is 9. The van der Waals surface area contributed by atoms with Crippen LogP contribution in [0.25, 0.3) is 0 Å². The van der Waals surface area contributed by atoms with E-state index in [1.165, 1.54) is 47.9 Å². The van der Waals surface area contributed by atoms with Crippen molar-refractivity contribution in [3.63, 3.8) is 0 Å². The van der Waals surface area contributed by atoms with Crippen molar-refractivity contribution in [2.45, 2.75) is 87.4 Å². The molecule has 0 unspecified atom stereocenters. The predicted molar refractivity (Wildman–Crippen MR) is 134 cm³/mol. The van der Waals surface area contributed by atoms with E-state index in [1.807, 2.05) is 0 Å². The summed E-state index contributed by atoms with van der Waals surface area (Å²) in [6, 6.07) is 17.6. The third-order valence-electron chi connectivity index (χ3n) is 7.53. The summed E-state index contributed by atoms with van der Waals surface area (Å²) in [7, 11) is 0. The Morgan fingerprint density at radius 1 is 0.774 bits per heavy atom. The molecule has 2 saturated carbocycles. The summed E-state index contributed by atoms with van der Waals surface area (Å²) in [5, 5.41) is 0. The molecule has 0 spiro atoms. The van der Waals surface area contributed by atoms with Crippen LogP contribution in [0.2, 0.25) is 0 Å². The van der Waals surface area contributed by atoms with E-state index in [-0.39, 0.29) is 9.75 Å². The number of nitrogens with zero attached hydrogens (tertiary/aromatic N) is 1. The molecule has 31 heavy (non-hydrogen) atoms. The second-order valence-corrected chi connectivity index (χ2v) is 11.1. The Kier molecular flexibility index (Phi) is 7.68. The first-order chi connectivity index (χ1) is 15.0. The van der Waals surface area contributed by atoms with Gasteiger partial charge in [-0.25, -0.2) is 0 Å². The summed E-state index contributed by atoms with van der Waals surface area (Å²) in [4.78, 5) is 2.17. The van der Waals surface area contributed by atoms with Crippen molar-refractivity contribution in [2.75, 3.05) is 13.1 Å². The number of hydrogen-bond acceptors (Lipinski definition) is 1. The van der Waals surface area contributed by atoms with Gasteiger partial charge in [0.25, 0.3) is 0 Å². The normalized spacial score (nSPS) is 19.9. The van der Waals surface area contributed by atoms with E-state index in [9.17, 15) is 0 Å². The molecule has 2 aliphatic rings. The second-order valence-electron chi connectivity index (χ2n) is 9.63. The SMILES string of the molecule is CCN(CCCc1c(C2(Cl)CCCC2)cccc1C1(Cl)CCCC1)Cc1ccccc1. The third kappa shape index (κ3) is 5.32. The van der Waals surface area contributed by atoms with Crippen LogP contribution in [0.1, 0.15) is 87.0 Å². The van der Waals surface area contributed by atoms with Crippen LogP contribution in [-0.4, -0.2) is 18.0 Å². The highest BCUT2D eigenvalue weighted by Gasteiger charge is 2.40. The lowest BCUT2D eigenvalue weighted by molar-refractivity contribution is 0.276. The first-order valence-electron chi connectivity index (χ1n) is 12.3. The topological polar surface area (TPSA) is 3.24 Å². The molecule has 2 aliphatic carbocycles. The van der Waals surface area contributed by atoms with Crippen LogP contribution in [0.4, 0.5) is 0 Å². The van der Waals surface area contributed by atoms with Crippen LogP contribution in [0, 0.1) is 0 Å². The van der Waals surface area contributed by atoms with Gasteiger partial charge in [-0.2, -0.15) is 0 Å². The second kappa shape index (κ2) is 10.3. The molecule has 3 heteroatoms. The molecule has 4 rings (SSSR count). The average Bonchev–Trinajstić information content (AvgIpc) is 3.43. The van der Waals surface area contributed by atoms with Crippen molar-refractivity contribution in [1.29, 1.82) is 0 Å². The molecule has 168 valence electrons. The van der Waals surface area contributed by atoms with Gasteiger partial charge < -0.3 is 0 Å². The van der Waals surface area contributed by atoms with E-state index in [1.54, 1.807) is 0 Å². The van der Waals surface area contributed by atoms with E-state index in [4.69, 9.17) is 23.2 Å². The summed E-state index contributed by atoms with van der Waals surface area (Å²) >= 11 is 14.5. The number of hydrogen-bond donors (Lipinski definition) is 0. The van der Waals surface area contributed by atoms with Crippen molar-refractivity contribution in [3.05, 3.63) is 70.8 Å². The molecule has 0 atom stereocenters. The summed E-state index contributed by atoms with van der Waals surface area (Å²) in [5.74, 6) is 0. The Balaban J connectivity index is 1.54. The van der Waals surface area contributed by atoms with Gasteiger partial charge in [-0.1, -0.05) is 81.1 Å². The van der Waals surface area contributed by atoms with E-state index in [0.29, 0.717) is 0 Å². The molecule has 2 fully saturated rings. The Bertz CT molecular complexity index is 795. The number of benzene rings is 2. The number of halogens is 2. The van der Waals surface area contributed by atoms with Gasteiger partial charge in [0.2, 0.25) is 0 Å². The Hall–Kier alpha value is -1.02. The Morgan fingerprint density at radius 2 is 1.32 bits per heavy atom. The fourth-order valence-corrected chi connectivity index (χ4v) is 6.66. The molecule has 0 N–H and O–H groups in total. The maximum absolute atomic E-state index is 7.25. The lowest BCUT2D eigenvalue weighted by Gasteiger charge is -2.31. The van der Waals surface area contributed by atoms with Gasteiger partial charge in [0, 0.05) is 6.54 Å². The van der Waals surface area contributed by atoms with Crippen LogP contribution in [-0.2, 0) is 22.7 Å². The van der Waals surface area contributed by atoms with Gasteiger partial charge in [0.15, 0.2) is 0 Å². The molecule has 0 saturated heterocycles. The van der Waals surface area contributed by atoms with Crippen LogP contribution < -0.4 is 0 Å². The Morgan fingerprint density at radius 3 is 1.84 bits per heavy atom. The highest BCUT2D eigenvalue weighted by atomic mass is 35.5. The highest BCUT2D eigenvalue weighted by molar-refractivity contribution is 6.25. The lowest BCUT2D eigenvalue weighted by atomic mass is 9.82. The number of alkyl halides is 2. The molecule has 2 aromatic rings. The summed E-state index contributed by atoms with van der Waals surface area (Å²) in [5.41, 5.74) is 5.61. The van der Waals surface area contributed by atoms with E-state index < -0.39 is 0 Å². The summed E-state index contributed by atoms with van der Waals surface area (Å²) < 4.78 is 0. The fraction of sp³-hybridized carbons (Fsp3) is 0.571. The quantitative estimate of drug-likeness (QED) is 0.343. The van der Waals surface area contributed by atoms with E-state index in [0.717, 1.165) is 58.2 Å². The zero-order valence-electron chi connectivity index (χ0n) is 19.0. The molecule has 0 amide bonds. The van der Waals surface area contributed by atoms with E-state index in [2.05, 4.69) is 60.4 Å². The minimum absolute atomic E-state index is 0.189. The molecule has 2 aromatic carbocycles. The largest absolute Gasteiger partial charge is 0.299 e. The maximum Gasteiger partial charge on any atom is 0.0697 e. The van der Waals surface area contributed by atoms with Crippen LogP contribution >= 0.6 is 23.2 Å². The molecule has 0 aromatic heterocycles. The van der Waals surface area contributed by atoms with Crippen molar-refractivity contribution in [2.24, 2.45) is 0 Å². The van der Waals surface area contributed by atoms with Crippen molar-refractivity contribution < 1.29 is 0 Å². The lowest BCUT2D eigenvalue weighted by Crippen LogP contribution is -2.26. The van der Waals surface area contributed by atoms with Crippen LogP contribution in [0.3, 0.4) is 0 Å². The fourth-order valence-electron chi connectivity index (χ4n) is 5.78. The minimum Gasteiger partial charge on any atom is -0.299 e. The van der Waals surface area contributed by atoms with Crippen molar-refractivity contribution in [1.82, 2.24) is 4.90 Å². The molecule has 1 nitrogen and oxygen atoms in total. The smallest absolute Gasteiger partial charge is 0.0697 e. The molecule has 0 aliphatic heterocycles.